The zero-order valence-corrected chi connectivity index (χ0v) is 16.7. The first-order valence-electron chi connectivity index (χ1n) is 10.1. The van der Waals surface area contributed by atoms with Crippen molar-refractivity contribution < 1.29 is 14.3 Å². The maximum atomic E-state index is 12.3. The Kier molecular flexibility index (Phi) is 8.27. The Bertz CT molecular complexity index is 529. The molecule has 0 radical (unpaired) electrons. The van der Waals surface area contributed by atoms with Gasteiger partial charge in [0.15, 0.2) is 0 Å². The molecule has 0 saturated heterocycles. The van der Waals surface area contributed by atoms with Crippen molar-refractivity contribution in [1.82, 2.24) is 5.32 Å². The van der Waals surface area contributed by atoms with Crippen LogP contribution in [0.4, 0.5) is 4.79 Å². The fourth-order valence-corrected chi connectivity index (χ4v) is 3.71. The number of ether oxygens (including phenoxy) is 2. The quantitative estimate of drug-likeness (QED) is 0.728. The minimum Gasteiger partial charge on any atom is -0.497 e. The number of hydrogen-bond acceptors (Lipinski definition) is 3. The van der Waals surface area contributed by atoms with E-state index >= 15 is 0 Å². The molecule has 4 heteroatoms. The van der Waals surface area contributed by atoms with Crippen LogP contribution in [0, 0.1) is 5.92 Å². The van der Waals surface area contributed by atoms with Gasteiger partial charge in [0.1, 0.15) is 11.4 Å². The maximum Gasteiger partial charge on any atom is 0.407 e. The lowest BCUT2D eigenvalue weighted by molar-refractivity contribution is 0.0384. The second-order valence-corrected chi connectivity index (χ2v) is 8.12. The number of carbonyl (C=O) groups excluding carboxylic acids is 1. The van der Waals surface area contributed by atoms with Gasteiger partial charge in [-0.15, -0.1) is 0 Å². The van der Waals surface area contributed by atoms with E-state index < -0.39 is 5.60 Å². The minimum absolute atomic E-state index is 0.302. The monoisotopic (exact) mass is 361 g/mol. The molecule has 0 spiro atoms. The number of methoxy groups -OCH3 is 1. The average molecular weight is 362 g/mol. The van der Waals surface area contributed by atoms with Crippen molar-refractivity contribution in [1.29, 1.82) is 0 Å². The van der Waals surface area contributed by atoms with Crippen molar-refractivity contribution in [2.75, 3.05) is 13.7 Å². The van der Waals surface area contributed by atoms with E-state index in [9.17, 15) is 4.79 Å². The molecule has 1 aromatic carbocycles. The van der Waals surface area contributed by atoms with E-state index in [0.717, 1.165) is 17.9 Å². The standard InChI is InChI=1S/C22H35NO3/c1-22(2,16-18-12-14-20(25-3)15-13-18)26-21(24)23-17-19-10-8-6-4-5-7-9-11-19/h12-15,19H,4-11,16-17H2,1-3H3,(H,23,24). The molecule has 0 aliphatic heterocycles. The number of rotatable bonds is 6. The molecule has 4 nitrogen and oxygen atoms in total. The van der Waals surface area contributed by atoms with Crippen molar-refractivity contribution in [3.05, 3.63) is 29.8 Å². The van der Waals surface area contributed by atoms with Gasteiger partial charge >= 0.3 is 6.09 Å². The summed E-state index contributed by atoms with van der Waals surface area (Å²) in [4.78, 5) is 12.3. The predicted octanol–water partition coefficient (Wildman–Crippen LogP) is 5.49. The molecule has 0 unspecified atom stereocenters. The number of alkyl carbamates (subject to hydrolysis) is 1. The first-order chi connectivity index (χ1) is 12.5. The van der Waals surface area contributed by atoms with Gasteiger partial charge in [0.25, 0.3) is 0 Å². The summed E-state index contributed by atoms with van der Waals surface area (Å²) in [6.45, 7) is 4.64. The van der Waals surface area contributed by atoms with Crippen LogP contribution < -0.4 is 10.1 Å². The molecule has 1 aliphatic carbocycles. The van der Waals surface area contributed by atoms with Crippen LogP contribution in [0.1, 0.15) is 70.8 Å². The molecule has 1 aliphatic rings. The topological polar surface area (TPSA) is 47.6 Å². The van der Waals surface area contributed by atoms with E-state index in [1.807, 2.05) is 38.1 Å². The molecular formula is C22H35NO3. The summed E-state index contributed by atoms with van der Waals surface area (Å²) < 4.78 is 10.9. The first kappa shape index (κ1) is 20.6. The van der Waals surface area contributed by atoms with Gasteiger partial charge in [0, 0.05) is 13.0 Å². The molecule has 1 N–H and O–H groups in total. The molecule has 0 aromatic heterocycles. The number of benzene rings is 1. The van der Waals surface area contributed by atoms with Gasteiger partial charge in [0.2, 0.25) is 0 Å². The van der Waals surface area contributed by atoms with Crippen LogP contribution in [-0.4, -0.2) is 25.3 Å². The molecule has 2 rings (SSSR count). The summed E-state index contributed by atoms with van der Waals surface area (Å²) in [6.07, 6.45) is 10.8. The van der Waals surface area contributed by atoms with Crippen molar-refractivity contribution in [2.24, 2.45) is 5.92 Å². The summed E-state index contributed by atoms with van der Waals surface area (Å²) in [5, 5.41) is 3.00. The van der Waals surface area contributed by atoms with Crippen LogP contribution in [-0.2, 0) is 11.2 Å². The van der Waals surface area contributed by atoms with Crippen molar-refractivity contribution in [3.8, 4) is 5.75 Å². The van der Waals surface area contributed by atoms with Crippen LogP contribution in [0.2, 0.25) is 0 Å². The van der Waals surface area contributed by atoms with Gasteiger partial charge in [-0.2, -0.15) is 0 Å². The Morgan fingerprint density at radius 3 is 2.19 bits per heavy atom. The largest absolute Gasteiger partial charge is 0.497 e. The van der Waals surface area contributed by atoms with Crippen molar-refractivity contribution in [3.63, 3.8) is 0 Å². The first-order valence-corrected chi connectivity index (χ1v) is 10.1. The zero-order valence-electron chi connectivity index (χ0n) is 16.7. The highest BCUT2D eigenvalue weighted by Crippen LogP contribution is 2.22. The minimum atomic E-state index is -0.545. The summed E-state index contributed by atoms with van der Waals surface area (Å²) in [5.74, 6) is 1.42. The highest BCUT2D eigenvalue weighted by atomic mass is 16.6. The normalized spacial score (nSPS) is 16.9. The predicted molar refractivity (Wildman–Crippen MR) is 106 cm³/mol. The van der Waals surface area contributed by atoms with E-state index in [1.54, 1.807) is 7.11 Å². The lowest BCUT2D eigenvalue weighted by atomic mass is 9.97. The van der Waals surface area contributed by atoms with Gasteiger partial charge in [-0.05, 0) is 50.3 Å². The van der Waals surface area contributed by atoms with E-state index in [0.29, 0.717) is 12.3 Å². The number of hydrogen-bond donors (Lipinski definition) is 1. The molecule has 0 heterocycles. The van der Waals surface area contributed by atoms with Crippen LogP contribution in [0.25, 0.3) is 0 Å². The molecule has 1 saturated carbocycles. The second kappa shape index (κ2) is 10.4. The zero-order chi connectivity index (χ0) is 18.8. The molecule has 0 atom stereocenters. The lowest BCUT2D eigenvalue weighted by Gasteiger charge is -2.26. The van der Waals surface area contributed by atoms with E-state index in [1.165, 1.54) is 51.4 Å². The van der Waals surface area contributed by atoms with Crippen LogP contribution in [0.5, 0.6) is 5.75 Å². The Morgan fingerprint density at radius 2 is 1.62 bits per heavy atom. The molecule has 26 heavy (non-hydrogen) atoms. The average Bonchev–Trinajstić information content (AvgIpc) is 2.73. The smallest absolute Gasteiger partial charge is 0.407 e. The van der Waals surface area contributed by atoms with Gasteiger partial charge in [-0.25, -0.2) is 4.79 Å². The SMILES string of the molecule is COc1ccc(CC(C)(C)OC(=O)NCC2CCCCCCCC2)cc1. The Labute approximate surface area is 158 Å². The molecule has 1 amide bonds. The van der Waals surface area contributed by atoms with E-state index in [4.69, 9.17) is 9.47 Å². The summed E-state index contributed by atoms with van der Waals surface area (Å²) in [6, 6.07) is 7.89. The number of carbonyl (C=O) groups is 1. The second-order valence-electron chi connectivity index (χ2n) is 8.12. The van der Waals surface area contributed by atoms with E-state index in [2.05, 4.69) is 5.32 Å². The highest BCUT2D eigenvalue weighted by Gasteiger charge is 2.24. The van der Waals surface area contributed by atoms with Gasteiger partial charge in [0.05, 0.1) is 7.11 Å². The summed E-state index contributed by atoms with van der Waals surface area (Å²) in [5.41, 5.74) is 0.580. The van der Waals surface area contributed by atoms with Gasteiger partial charge in [-0.1, -0.05) is 50.7 Å². The fraction of sp³-hybridized carbons (Fsp3) is 0.682. The third-order valence-electron chi connectivity index (χ3n) is 5.17. The molecule has 0 bridgehead atoms. The van der Waals surface area contributed by atoms with E-state index in [-0.39, 0.29) is 6.09 Å². The molecule has 1 aromatic rings. The third kappa shape index (κ3) is 7.67. The lowest BCUT2D eigenvalue weighted by Crippen LogP contribution is -2.38. The summed E-state index contributed by atoms with van der Waals surface area (Å²) >= 11 is 0. The highest BCUT2D eigenvalue weighted by molar-refractivity contribution is 5.67. The number of nitrogens with one attached hydrogen (secondary N) is 1. The Morgan fingerprint density at radius 1 is 1.04 bits per heavy atom. The third-order valence-corrected chi connectivity index (χ3v) is 5.17. The Balaban J connectivity index is 1.77. The maximum absolute atomic E-state index is 12.3. The number of amides is 1. The Hall–Kier alpha value is -1.71. The molecule has 146 valence electrons. The van der Waals surface area contributed by atoms with Crippen LogP contribution in [0.3, 0.4) is 0 Å². The van der Waals surface area contributed by atoms with Crippen LogP contribution >= 0.6 is 0 Å². The van der Waals surface area contributed by atoms with Gasteiger partial charge in [-0.3, -0.25) is 0 Å². The fourth-order valence-electron chi connectivity index (χ4n) is 3.71. The van der Waals surface area contributed by atoms with Crippen molar-refractivity contribution >= 4 is 6.09 Å². The van der Waals surface area contributed by atoms with Gasteiger partial charge < -0.3 is 14.8 Å². The molecular weight excluding hydrogens is 326 g/mol. The van der Waals surface area contributed by atoms with Crippen molar-refractivity contribution in [2.45, 2.75) is 77.2 Å². The summed E-state index contributed by atoms with van der Waals surface area (Å²) in [7, 11) is 1.66. The molecule has 1 fully saturated rings. The van der Waals surface area contributed by atoms with Crippen LogP contribution in [0.15, 0.2) is 24.3 Å².